The van der Waals surface area contributed by atoms with Gasteiger partial charge in [0.15, 0.2) is 18.2 Å². The van der Waals surface area contributed by atoms with E-state index in [1.54, 1.807) is 7.05 Å². The van der Waals surface area contributed by atoms with Crippen molar-refractivity contribution in [3.05, 3.63) is 35.9 Å². The van der Waals surface area contributed by atoms with Crippen LogP contribution in [-0.2, 0) is 35.1 Å². The van der Waals surface area contributed by atoms with Crippen molar-refractivity contribution in [1.82, 2.24) is 5.32 Å². The van der Waals surface area contributed by atoms with Crippen LogP contribution in [0.2, 0.25) is 0 Å². The van der Waals surface area contributed by atoms with E-state index in [2.05, 4.69) is 5.32 Å². The van der Waals surface area contributed by atoms with Crippen molar-refractivity contribution in [3.8, 4) is 0 Å². The summed E-state index contributed by atoms with van der Waals surface area (Å²) in [5, 5.41) is 2.59. The number of hydrogen-bond acceptors (Lipinski definition) is 6. The molecule has 3 aliphatic rings. The standard InChI is InChI=1S/C18H23NO6/c1-18(2)24-13-11(12-14(22-12)16(20)19-3)23-17(15(13)25-18)21-9-10-7-5-4-6-8-10/h4-8,11-15,17H,9H2,1-3H3,(H,19,20)/t11-,12+,13+,14-,15+,17+/m1/s1. The smallest absolute Gasteiger partial charge is 0.251 e. The van der Waals surface area contributed by atoms with Gasteiger partial charge in [0, 0.05) is 7.05 Å². The zero-order valence-electron chi connectivity index (χ0n) is 14.5. The molecule has 3 aliphatic heterocycles. The minimum Gasteiger partial charge on any atom is -0.357 e. The molecule has 0 saturated carbocycles. The number of benzene rings is 1. The van der Waals surface area contributed by atoms with Crippen LogP contribution < -0.4 is 5.32 Å². The number of epoxide rings is 1. The Balaban J connectivity index is 1.45. The molecule has 0 unspecified atom stereocenters. The lowest BCUT2D eigenvalue weighted by Crippen LogP contribution is -2.36. The highest BCUT2D eigenvalue weighted by molar-refractivity contribution is 5.83. The summed E-state index contributed by atoms with van der Waals surface area (Å²) in [5.74, 6) is -0.875. The van der Waals surface area contributed by atoms with Gasteiger partial charge in [0.05, 0.1) is 6.61 Å². The SMILES string of the molecule is CNC(=O)[C@@H]1O[C@H]1[C@H]1O[C@H](OCc2ccccc2)[C@H]2OC(C)(C)O[C@@H]12. The van der Waals surface area contributed by atoms with Gasteiger partial charge < -0.3 is 29.0 Å². The second-order valence-corrected chi connectivity index (χ2v) is 6.97. The van der Waals surface area contributed by atoms with Crippen molar-refractivity contribution < 1.29 is 28.5 Å². The first-order valence-electron chi connectivity index (χ1n) is 8.52. The first kappa shape index (κ1) is 16.9. The maximum absolute atomic E-state index is 11.8. The van der Waals surface area contributed by atoms with Gasteiger partial charge in [-0.25, -0.2) is 0 Å². The number of hydrogen-bond donors (Lipinski definition) is 1. The molecule has 7 nitrogen and oxygen atoms in total. The summed E-state index contributed by atoms with van der Waals surface area (Å²) < 4.78 is 29.4. The largest absolute Gasteiger partial charge is 0.357 e. The Hall–Kier alpha value is -1.51. The van der Waals surface area contributed by atoms with E-state index >= 15 is 0 Å². The maximum atomic E-state index is 11.8. The number of ether oxygens (including phenoxy) is 5. The van der Waals surface area contributed by atoms with Crippen LogP contribution in [0.1, 0.15) is 19.4 Å². The second-order valence-electron chi connectivity index (χ2n) is 6.97. The number of amides is 1. The Labute approximate surface area is 146 Å². The molecule has 0 radical (unpaired) electrons. The fourth-order valence-electron chi connectivity index (χ4n) is 3.47. The normalized spacial score (nSPS) is 38.4. The van der Waals surface area contributed by atoms with E-state index in [9.17, 15) is 4.79 Å². The summed E-state index contributed by atoms with van der Waals surface area (Å²) in [5.41, 5.74) is 1.05. The molecule has 3 heterocycles. The van der Waals surface area contributed by atoms with E-state index < -0.39 is 24.3 Å². The molecule has 4 rings (SSSR count). The van der Waals surface area contributed by atoms with Crippen LogP contribution in [0, 0.1) is 0 Å². The summed E-state index contributed by atoms with van der Waals surface area (Å²) in [6.07, 6.45) is -2.47. The number of nitrogens with one attached hydrogen (secondary N) is 1. The van der Waals surface area contributed by atoms with Crippen LogP contribution in [0.25, 0.3) is 0 Å². The van der Waals surface area contributed by atoms with Crippen LogP contribution in [-0.4, -0.2) is 55.6 Å². The molecule has 3 fully saturated rings. The van der Waals surface area contributed by atoms with Gasteiger partial charge >= 0.3 is 0 Å². The molecule has 0 aliphatic carbocycles. The highest BCUT2D eigenvalue weighted by Crippen LogP contribution is 2.44. The number of carbonyl (C=O) groups excluding carboxylic acids is 1. The lowest BCUT2D eigenvalue weighted by Gasteiger charge is -2.23. The zero-order valence-corrected chi connectivity index (χ0v) is 14.5. The molecule has 25 heavy (non-hydrogen) atoms. The molecule has 1 aromatic carbocycles. The Bertz CT molecular complexity index is 636. The highest BCUT2D eigenvalue weighted by Gasteiger charge is 2.64. The van der Waals surface area contributed by atoms with Crippen molar-refractivity contribution in [2.75, 3.05) is 7.05 Å². The predicted octanol–water partition coefficient (Wildman–Crippen LogP) is 0.962. The molecule has 136 valence electrons. The number of likely N-dealkylation sites (N-methyl/N-ethyl adjacent to an activating group) is 1. The lowest BCUT2D eigenvalue weighted by molar-refractivity contribution is -0.238. The zero-order chi connectivity index (χ0) is 17.6. The molecule has 1 aromatic rings. The van der Waals surface area contributed by atoms with Gasteiger partial charge in [-0.3, -0.25) is 4.79 Å². The van der Waals surface area contributed by atoms with Gasteiger partial charge in [-0.15, -0.1) is 0 Å². The van der Waals surface area contributed by atoms with Crippen LogP contribution in [0.3, 0.4) is 0 Å². The van der Waals surface area contributed by atoms with E-state index in [4.69, 9.17) is 23.7 Å². The number of rotatable bonds is 5. The predicted molar refractivity (Wildman–Crippen MR) is 86.4 cm³/mol. The van der Waals surface area contributed by atoms with Crippen LogP contribution in [0.4, 0.5) is 0 Å². The van der Waals surface area contributed by atoms with Crippen molar-refractivity contribution in [1.29, 1.82) is 0 Å². The molecule has 6 atom stereocenters. The van der Waals surface area contributed by atoms with Gasteiger partial charge in [0.1, 0.15) is 24.4 Å². The van der Waals surface area contributed by atoms with Gasteiger partial charge in [0.2, 0.25) is 0 Å². The van der Waals surface area contributed by atoms with Gasteiger partial charge in [0.25, 0.3) is 5.91 Å². The third kappa shape index (κ3) is 3.30. The third-order valence-electron chi connectivity index (χ3n) is 4.66. The fourth-order valence-corrected chi connectivity index (χ4v) is 3.47. The first-order chi connectivity index (χ1) is 12.0. The van der Waals surface area contributed by atoms with E-state index in [0.29, 0.717) is 6.61 Å². The van der Waals surface area contributed by atoms with Crippen molar-refractivity contribution >= 4 is 5.91 Å². The van der Waals surface area contributed by atoms with E-state index in [0.717, 1.165) is 5.56 Å². The monoisotopic (exact) mass is 349 g/mol. The van der Waals surface area contributed by atoms with Crippen LogP contribution in [0.5, 0.6) is 0 Å². The molecule has 1 N–H and O–H groups in total. The summed E-state index contributed by atoms with van der Waals surface area (Å²) in [6, 6.07) is 9.87. The van der Waals surface area contributed by atoms with Crippen molar-refractivity contribution in [2.45, 2.75) is 63.1 Å². The molecule has 0 bridgehead atoms. The molecular formula is C18H23NO6. The summed E-state index contributed by atoms with van der Waals surface area (Å²) in [7, 11) is 1.59. The summed E-state index contributed by atoms with van der Waals surface area (Å²) in [4.78, 5) is 11.8. The first-order valence-corrected chi connectivity index (χ1v) is 8.52. The van der Waals surface area contributed by atoms with Gasteiger partial charge in [-0.2, -0.15) is 0 Å². The molecule has 3 saturated heterocycles. The minimum absolute atomic E-state index is 0.156. The van der Waals surface area contributed by atoms with E-state index in [1.165, 1.54) is 0 Å². The van der Waals surface area contributed by atoms with Crippen molar-refractivity contribution in [3.63, 3.8) is 0 Å². The number of fused-ring (bicyclic) bond motifs is 1. The average Bonchev–Trinajstić information content (AvgIpc) is 3.24. The van der Waals surface area contributed by atoms with Crippen molar-refractivity contribution in [2.24, 2.45) is 0 Å². The van der Waals surface area contributed by atoms with Gasteiger partial charge in [-0.1, -0.05) is 30.3 Å². The number of carbonyl (C=O) groups is 1. The van der Waals surface area contributed by atoms with E-state index in [-0.39, 0.29) is 24.2 Å². The quantitative estimate of drug-likeness (QED) is 0.798. The maximum Gasteiger partial charge on any atom is 0.251 e. The highest BCUT2D eigenvalue weighted by atomic mass is 16.8. The Morgan fingerprint density at radius 2 is 1.80 bits per heavy atom. The molecule has 7 heteroatoms. The fraction of sp³-hybridized carbons (Fsp3) is 0.611. The van der Waals surface area contributed by atoms with E-state index in [1.807, 2.05) is 44.2 Å². The third-order valence-corrected chi connectivity index (χ3v) is 4.66. The molecular weight excluding hydrogens is 326 g/mol. The van der Waals surface area contributed by atoms with Gasteiger partial charge in [-0.05, 0) is 19.4 Å². The Kier molecular flexibility index (Phi) is 4.29. The summed E-state index contributed by atoms with van der Waals surface area (Å²) in [6.45, 7) is 4.14. The second kappa shape index (κ2) is 6.34. The van der Waals surface area contributed by atoms with Crippen LogP contribution >= 0.6 is 0 Å². The average molecular weight is 349 g/mol. The lowest BCUT2D eigenvalue weighted by atomic mass is 10.1. The Morgan fingerprint density at radius 1 is 1.08 bits per heavy atom. The topological polar surface area (TPSA) is 78.6 Å². The molecule has 0 spiro atoms. The minimum atomic E-state index is -0.719. The molecule has 1 amide bonds. The van der Waals surface area contributed by atoms with Crippen LogP contribution in [0.15, 0.2) is 30.3 Å². The summed E-state index contributed by atoms with van der Waals surface area (Å²) >= 11 is 0. The molecule has 0 aromatic heterocycles. The Morgan fingerprint density at radius 3 is 2.52 bits per heavy atom.